The van der Waals surface area contributed by atoms with Gasteiger partial charge in [0, 0.05) is 48.0 Å². The molecule has 8 nitrogen and oxygen atoms in total. The Labute approximate surface area is 193 Å². The van der Waals surface area contributed by atoms with Crippen molar-refractivity contribution in [2.45, 2.75) is 38.1 Å². The van der Waals surface area contributed by atoms with Gasteiger partial charge in [0.05, 0.1) is 18.6 Å². The van der Waals surface area contributed by atoms with Crippen molar-refractivity contribution in [3.63, 3.8) is 0 Å². The molecule has 0 unspecified atom stereocenters. The first-order valence-electron chi connectivity index (χ1n) is 10.8. The van der Waals surface area contributed by atoms with Crippen LogP contribution in [0.3, 0.4) is 0 Å². The van der Waals surface area contributed by atoms with E-state index in [1.165, 1.54) is 27.2 Å². The number of aromatic nitrogens is 2. The molecule has 0 radical (unpaired) electrons. The van der Waals surface area contributed by atoms with E-state index in [9.17, 15) is 18.0 Å². The molecule has 0 atom stereocenters. The van der Waals surface area contributed by atoms with Crippen molar-refractivity contribution in [2.75, 3.05) is 20.2 Å². The van der Waals surface area contributed by atoms with Gasteiger partial charge in [-0.2, -0.15) is 4.31 Å². The van der Waals surface area contributed by atoms with Crippen molar-refractivity contribution in [3.05, 3.63) is 76.0 Å². The third-order valence-electron chi connectivity index (χ3n) is 6.04. The maximum absolute atomic E-state index is 13.1. The van der Waals surface area contributed by atoms with Crippen LogP contribution in [0.25, 0.3) is 5.69 Å². The minimum absolute atomic E-state index is 0.0282. The Hall–Kier alpha value is -3.17. The van der Waals surface area contributed by atoms with Gasteiger partial charge in [-0.3, -0.25) is 9.59 Å². The van der Waals surface area contributed by atoms with Crippen molar-refractivity contribution in [2.24, 2.45) is 0 Å². The lowest BCUT2D eigenvalue weighted by Crippen LogP contribution is -2.30. The van der Waals surface area contributed by atoms with Gasteiger partial charge in [0.15, 0.2) is 5.78 Å². The molecule has 174 valence electrons. The van der Waals surface area contributed by atoms with E-state index in [0.29, 0.717) is 18.7 Å². The second-order valence-corrected chi connectivity index (χ2v) is 10.1. The average Bonchev–Trinajstić information content (AvgIpc) is 3.44. The average molecular weight is 470 g/mol. The van der Waals surface area contributed by atoms with Gasteiger partial charge in [-0.1, -0.05) is 0 Å². The zero-order valence-electron chi connectivity index (χ0n) is 18.9. The predicted octanol–water partition coefficient (Wildman–Crippen LogP) is 2.93. The third kappa shape index (κ3) is 4.38. The number of pyridine rings is 1. The summed E-state index contributed by atoms with van der Waals surface area (Å²) in [5.41, 5.74) is 2.58. The molecule has 1 saturated heterocycles. The monoisotopic (exact) mass is 469 g/mol. The number of carbonyl (C=O) groups is 1. The molecule has 4 rings (SSSR count). The predicted molar refractivity (Wildman–Crippen MR) is 125 cm³/mol. The molecule has 3 heterocycles. The fraction of sp³-hybridized carbons (Fsp3) is 0.333. The highest BCUT2D eigenvalue weighted by Gasteiger charge is 2.28. The van der Waals surface area contributed by atoms with Crippen molar-refractivity contribution in [3.8, 4) is 11.4 Å². The fourth-order valence-electron chi connectivity index (χ4n) is 4.28. The molecular formula is C24H27N3O5S. The van der Waals surface area contributed by atoms with Crippen molar-refractivity contribution in [1.82, 2.24) is 13.4 Å². The van der Waals surface area contributed by atoms with Gasteiger partial charge >= 0.3 is 0 Å². The highest BCUT2D eigenvalue weighted by molar-refractivity contribution is 7.89. The van der Waals surface area contributed by atoms with Crippen LogP contribution in [-0.4, -0.2) is 47.8 Å². The number of hydrogen-bond acceptors (Lipinski definition) is 5. The number of hydrogen-bond donors (Lipinski definition) is 0. The van der Waals surface area contributed by atoms with Gasteiger partial charge in [-0.25, -0.2) is 8.42 Å². The first kappa shape index (κ1) is 23.0. The number of sulfonamides is 1. The molecule has 9 heteroatoms. The van der Waals surface area contributed by atoms with Crippen LogP contribution in [0.2, 0.25) is 0 Å². The molecule has 0 amide bonds. The van der Waals surface area contributed by atoms with Crippen LogP contribution in [-0.2, 0) is 16.6 Å². The Bertz CT molecular complexity index is 1350. The smallest absolute Gasteiger partial charge is 0.251 e. The standard InChI is InChI=1S/C24H27N3O5S/c1-17-14-22(18(2)27(17)19-6-8-20(32-3)9-7-19)23(28)16-25-15-21(10-11-24(25)29)33(30,31)26-12-4-5-13-26/h6-11,14-15H,4-5,12-13,16H2,1-3H3. The Balaban J connectivity index is 1.63. The summed E-state index contributed by atoms with van der Waals surface area (Å²) in [6, 6.07) is 11.8. The van der Waals surface area contributed by atoms with Crippen LogP contribution in [0.5, 0.6) is 5.75 Å². The SMILES string of the molecule is COc1ccc(-n2c(C)cc(C(=O)Cn3cc(S(=O)(=O)N4CCCC4)ccc3=O)c2C)cc1. The molecule has 3 aromatic rings. The molecule has 0 saturated carbocycles. The first-order chi connectivity index (χ1) is 15.7. The molecule has 1 aromatic carbocycles. The van der Waals surface area contributed by atoms with Gasteiger partial charge in [0.2, 0.25) is 10.0 Å². The lowest BCUT2D eigenvalue weighted by molar-refractivity contribution is 0.0970. The van der Waals surface area contributed by atoms with E-state index in [0.717, 1.165) is 35.7 Å². The highest BCUT2D eigenvalue weighted by Crippen LogP contribution is 2.24. The minimum atomic E-state index is -3.68. The normalized spacial score (nSPS) is 14.5. The van der Waals surface area contributed by atoms with Crippen LogP contribution < -0.4 is 10.3 Å². The second kappa shape index (κ2) is 8.99. The maximum Gasteiger partial charge on any atom is 0.251 e. The van der Waals surface area contributed by atoms with E-state index < -0.39 is 15.6 Å². The topological polar surface area (TPSA) is 90.6 Å². The van der Waals surface area contributed by atoms with E-state index in [4.69, 9.17) is 4.74 Å². The number of rotatable bonds is 7. The molecule has 0 spiro atoms. The number of carbonyl (C=O) groups excluding carboxylic acids is 1. The first-order valence-corrected chi connectivity index (χ1v) is 12.2. The number of aryl methyl sites for hydroxylation is 1. The number of ketones is 1. The Morgan fingerprint density at radius 3 is 2.33 bits per heavy atom. The van der Waals surface area contributed by atoms with E-state index in [1.807, 2.05) is 42.7 Å². The number of methoxy groups -OCH3 is 1. The van der Waals surface area contributed by atoms with E-state index in [1.54, 1.807) is 13.2 Å². The largest absolute Gasteiger partial charge is 0.497 e. The van der Waals surface area contributed by atoms with E-state index >= 15 is 0 Å². The van der Waals surface area contributed by atoms with Gasteiger partial charge in [0.1, 0.15) is 5.75 Å². The van der Waals surface area contributed by atoms with Crippen LogP contribution in [0.4, 0.5) is 0 Å². The van der Waals surface area contributed by atoms with Gasteiger partial charge in [0.25, 0.3) is 5.56 Å². The lowest BCUT2D eigenvalue weighted by Gasteiger charge is -2.16. The fourth-order valence-corrected chi connectivity index (χ4v) is 5.81. The number of ether oxygens (including phenoxy) is 1. The number of Topliss-reactive ketones (excluding diaryl/α,β-unsaturated/α-hetero) is 1. The quantitative estimate of drug-likeness (QED) is 0.496. The molecular weight excluding hydrogens is 442 g/mol. The van der Waals surface area contributed by atoms with Crippen LogP contribution in [0, 0.1) is 13.8 Å². The van der Waals surface area contributed by atoms with E-state index in [2.05, 4.69) is 0 Å². The highest BCUT2D eigenvalue weighted by atomic mass is 32.2. The van der Waals surface area contributed by atoms with Crippen molar-refractivity contribution < 1.29 is 17.9 Å². The Morgan fingerprint density at radius 2 is 1.70 bits per heavy atom. The van der Waals surface area contributed by atoms with Crippen molar-refractivity contribution in [1.29, 1.82) is 0 Å². The van der Waals surface area contributed by atoms with Gasteiger partial charge in [-0.05, 0) is 63.1 Å². The number of nitrogens with zero attached hydrogens (tertiary/aromatic N) is 3. The molecule has 33 heavy (non-hydrogen) atoms. The second-order valence-electron chi connectivity index (χ2n) is 8.18. The molecule has 0 bridgehead atoms. The maximum atomic E-state index is 13.1. The summed E-state index contributed by atoms with van der Waals surface area (Å²) in [5, 5.41) is 0. The summed E-state index contributed by atoms with van der Waals surface area (Å²) in [6.07, 6.45) is 2.92. The molecule has 0 aliphatic carbocycles. The molecule has 1 aliphatic rings. The van der Waals surface area contributed by atoms with Crippen LogP contribution >= 0.6 is 0 Å². The summed E-state index contributed by atoms with van der Waals surface area (Å²) < 4.78 is 35.5. The molecule has 0 N–H and O–H groups in total. The van der Waals surface area contributed by atoms with Crippen molar-refractivity contribution >= 4 is 15.8 Å². The number of benzene rings is 1. The van der Waals surface area contributed by atoms with Crippen LogP contribution in [0.15, 0.2) is 58.4 Å². The summed E-state index contributed by atoms with van der Waals surface area (Å²) in [7, 11) is -2.08. The third-order valence-corrected chi connectivity index (χ3v) is 7.92. The summed E-state index contributed by atoms with van der Waals surface area (Å²) in [6.45, 7) is 4.45. The zero-order chi connectivity index (χ0) is 23.8. The van der Waals surface area contributed by atoms with Gasteiger partial charge in [-0.15, -0.1) is 0 Å². The Morgan fingerprint density at radius 1 is 1.03 bits per heavy atom. The Kier molecular flexibility index (Phi) is 6.27. The minimum Gasteiger partial charge on any atom is -0.497 e. The molecule has 1 aliphatic heterocycles. The summed E-state index contributed by atoms with van der Waals surface area (Å²) in [5.74, 6) is 0.473. The summed E-state index contributed by atoms with van der Waals surface area (Å²) >= 11 is 0. The molecule has 1 fully saturated rings. The van der Waals surface area contributed by atoms with Gasteiger partial charge < -0.3 is 13.9 Å². The lowest BCUT2D eigenvalue weighted by atomic mass is 10.1. The zero-order valence-corrected chi connectivity index (χ0v) is 19.8. The van der Waals surface area contributed by atoms with E-state index in [-0.39, 0.29) is 17.2 Å². The summed E-state index contributed by atoms with van der Waals surface area (Å²) in [4.78, 5) is 25.6. The van der Waals surface area contributed by atoms with Crippen LogP contribution in [0.1, 0.15) is 34.6 Å². The molecule has 2 aromatic heterocycles.